The van der Waals surface area contributed by atoms with Crippen molar-refractivity contribution in [2.24, 2.45) is 0 Å². The van der Waals surface area contributed by atoms with Crippen LogP contribution < -0.4 is 4.48 Å². The van der Waals surface area contributed by atoms with Crippen LogP contribution in [0.25, 0.3) is 55.6 Å². The molecule has 0 amide bonds. The standard InChI is InChI=1S/C61H58N5/c1-39-40(2)42(4)59(43(5)41(39)3)47-34-35-62-58(36-47)64-56-27-18-17-26-54(56)55-33-32-53(38-57(55)64)66(50-21-13-11-14-22-50,51-23-15-12-16-24-51)52-25-19-20-49(37-52)65-45(7)60(44(6)63-65)46-28-30-48(31-29-46)61(8,9)10/h11-38H,1-10H3/q+1. The van der Waals surface area contributed by atoms with Gasteiger partial charge in [0.2, 0.25) is 0 Å². The second-order valence-electron chi connectivity index (χ2n) is 19.1. The molecule has 3 heterocycles. The van der Waals surface area contributed by atoms with E-state index >= 15 is 0 Å². The smallest absolute Gasteiger partial charge is 0.150 e. The average molecular weight is 861 g/mol. The van der Waals surface area contributed by atoms with Crippen molar-refractivity contribution in [3.63, 3.8) is 0 Å². The summed E-state index contributed by atoms with van der Waals surface area (Å²) in [6.45, 7) is 22.4. The maximum Gasteiger partial charge on any atom is 0.150 e. The van der Waals surface area contributed by atoms with Crippen LogP contribution in [0.1, 0.15) is 65.5 Å². The molecule has 0 N–H and O–H groups in total. The lowest BCUT2D eigenvalue weighted by molar-refractivity contribution is 0.590. The Bertz CT molecular complexity index is 3390. The number of pyridine rings is 1. The quantitative estimate of drug-likeness (QED) is 0.143. The molecular formula is C61H58N5+. The molecule has 5 heteroatoms. The number of para-hydroxylation sites is 3. The van der Waals surface area contributed by atoms with E-state index in [2.05, 4.69) is 242 Å². The first-order chi connectivity index (χ1) is 31.8. The van der Waals surface area contributed by atoms with Gasteiger partial charge in [-0.2, -0.15) is 9.58 Å². The Morgan fingerprint density at radius 2 is 1.03 bits per heavy atom. The van der Waals surface area contributed by atoms with E-state index in [0.717, 1.165) is 56.7 Å². The van der Waals surface area contributed by atoms with Crippen LogP contribution in [0.2, 0.25) is 0 Å². The molecule has 0 fully saturated rings. The molecule has 0 aliphatic rings. The second-order valence-corrected chi connectivity index (χ2v) is 19.1. The summed E-state index contributed by atoms with van der Waals surface area (Å²) in [4.78, 5) is 5.14. The molecule has 0 radical (unpaired) electrons. The molecule has 0 aliphatic carbocycles. The summed E-state index contributed by atoms with van der Waals surface area (Å²) in [6, 6.07) is 60.0. The van der Waals surface area contributed by atoms with Gasteiger partial charge in [-0.1, -0.05) is 106 Å². The van der Waals surface area contributed by atoms with E-state index in [4.69, 9.17) is 10.1 Å². The van der Waals surface area contributed by atoms with Gasteiger partial charge in [0.25, 0.3) is 0 Å². The third-order valence-electron chi connectivity index (χ3n) is 14.4. The van der Waals surface area contributed by atoms with Crippen LogP contribution in [0.15, 0.2) is 170 Å². The Morgan fingerprint density at radius 1 is 0.455 bits per heavy atom. The van der Waals surface area contributed by atoms with Crippen molar-refractivity contribution in [2.75, 3.05) is 0 Å². The number of aromatic nitrogens is 4. The van der Waals surface area contributed by atoms with E-state index < -0.39 is 0 Å². The van der Waals surface area contributed by atoms with Crippen LogP contribution in [-0.2, 0) is 5.41 Å². The summed E-state index contributed by atoms with van der Waals surface area (Å²) >= 11 is 0. The van der Waals surface area contributed by atoms with Crippen molar-refractivity contribution in [3.05, 3.63) is 215 Å². The summed E-state index contributed by atoms with van der Waals surface area (Å²) < 4.78 is 4.82. The Hall–Kier alpha value is -7.34. The van der Waals surface area contributed by atoms with Gasteiger partial charge < -0.3 is 0 Å². The lowest BCUT2D eigenvalue weighted by atomic mass is 9.86. The predicted molar refractivity (Wildman–Crippen MR) is 279 cm³/mol. The number of benzene rings is 7. The fourth-order valence-electron chi connectivity index (χ4n) is 10.5. The van der Waals surface area contributed by atoms with E-state index in [1.807, 2.05) is 6.20 Å². The summed E-state index contributed by atoms with van der Waals surface area (Å²) in [5.74, 6) is 0.887. The summed E-state index contributed by atoms with van der Waals surface area (Å²) in [6.07, 6.45) is 1.98. The number of fused-ring (bicyclic) bond motifs is 3. The Kier molecular flexibility index (Phi) is 10.5. The highest BCUT2D eigenvalue weighted by molar-refractivity contribution is 6.10. The van der Waals surface area contributed by atoms with Crippen LogP contribution in [-0.4, -0.2) is 19.3 Å². The normalized spacial score (nSPS) is 12.1. The van der Waals surface area contributed by atoms with Crippen LogP contribution in [0, 0.1) is 48.5 Å². The molecule has 326 valence electrons. The summed E-state index contributed by atoms with van der Waals surface area (Å²) in [5.41, 5.74) is 22.6. The maximum absolute atomic E-state index is 5.23. The van der Waals surface area contributed by atoms with Gasteiger partial charge in [0.15, 0.2) is 0 Å². The molecule has 0 spiro atoms. The number of nitrogens with zero attached hydrogens (tertiary/aromatic N) is 5. The SMILES string of the molecule is Cc1nn(-c2cccc([N+](c3ccccc3)(c3ccccc3)c3ccc4c5ccccc5n(-c5cc(-c6c(C)c(C)c(C)c(C)c6C)ccn5)c4c3)c2)c(C)c1-c1ccc(C(C)(C)C)cc1. The lowest BCUT2D eigenvalue weighted by Crippen LogP contribution is -2.33. The Morgan fingerprint density at radius 3 is 1.68 bits per heavy atom. The highest BCUT2D eigenvalue weighted by Crippen LogP contribution is 2.53. The zero-order valence-electron chi connectivity index (χ0n) is 39.9. The minimum atomic E-state index is 0.0805. The van der Waals surface area contributed by atoms with Gasteiger partial charge in [-0.3, -0.25) is 4.57 Å². The van der Waals surface area contributed by atoms with Crippen LogP contribution >= 0.6 is 0 Å². The number of aryl methyl sites for hydroxylation is 1. The van der Waals surface area contributed by atoms with Gasteiger partial charge in [-0.05, 0) is 134 Å². The van der Waals surface area contributed by atoms with E-state index in [9.17, 15) is 0 Å². The zero-order chi connectivity index (χ0) is 46.1. The van der Waals surface area contributed by atoms with Gasteiger partial charge >= 0.3 is 0 Å². The number of hydrogen-bond donors (Lipinski definition) is 0. The molecule has 0 unspecified atom stereocenters. The van der Waals surface area contributed by atoms with Gasteiger partial charge in [-0.15, -0.1) is 0 Å². The topological polar surface area (TPSA) is 35.6 Å². The van der Waals surface area contributed by atoms with Gasteiger partial charge in [-0.25, -0.2) is 9.67 Å². The van der Waals surface area contributed by atoms with E-state index in [-0.39, 0.29) is 5.41 Å². The predicted octanol–water partition coefficient (Wildman–Crippen LogP) is 16.5. The molecular weight excluding hydrogens is 803 g/mol. The zero-order valence-corrected chi connectivity index (χ0v) is 39.9. The number of rotatable bonds is 8. The number of quaternary nitrogens is 1. The summed E-state index contributed by atoms with van der Waals surface area (Å²) in [7, 11) is 0. The molecule has 7 aromatic carbocycles. The highest BCUT2D eigenvalue weighted by atomic mass is 15.4. The molecule has 10 aromatic rings. The molecule has 66 heavy (non-hydrogen) atoms. The van der Waals surface area contributed by atoms with E-state index in [1.165, 1.54) is 66.4 Å². The van der Waals surface area contributed by atoms with Crippen molar-refractivity contribution < 1.29 is 0 Å². The van der Waals surface area contributed by atoms with Crippen molar-refractivity contribution in [3.8, 4) is 33.8 Å². The molecule has 0 bridgehead atoms. The number of hydrogen-bond acceptors (Lipinski definition) is 2. The maximum atomic E-state index is 5.23. The first kappa shape index (κ1) is 42.6. The Balaban J connectivity index is 1.21. The average Bonchev–Trinajstić information content (AvgIpc) is 3.83. The van der Waals surface area contributed by atoms with Crippen LogP contribution in [0.4, 0.5) is 22.7 Å². The molecule has 5 nitrogen and oxygen atoms in total. The van der Waals surface area contributed by atoms with E-state index in [1.54, 1.807) is 0 Å². The summed E-state index contributed by atoms with van der Waals surface area (Å²) in [5, 5.41) is 7.60. The van der Waals surface area contributed by atoms with Gasteiger partial charge in [0.05, 0.1) is 22.4 Å². The monoisotopic (exact) mass is 860 g/mol. The molecule has 0 aliphatic heterocycles. The second kappa shape index (κ2) is 16.3. The van der Waals surface area contributed by atoms with Crippen molar-refractivity contribution >= 4 is 44.6 Å². The molecule has 10 rings (SSSR count). The van der Waals surface area contributed by atoms with Crippen LogP contribution in [0.3, 0.4) is 0 Å². The highest BCUT2D eigenvalue weighted by Gasteiger charge is 2.40. The fraction of sp³-hybridized carbons (Fsp3) is 0.180. The van der Waals surface area contributed by atoms with Crippen molar-refractivity contribution in [1.29, 1.82) is 0 Å². The van der Waals surface area contributed by atoms with Crippen molar-refractivity contribution in [2.45, 2.75) is 74.7 Å². The Labute approximate surface area is 389 Å². The first-order valence-corrected chi connectivity index (χ1v) is 23.1. The minimum absolute atomic E-state index is 0.0805. The molecule has 0 saturated heterocycles. The van der Waals surface area contributed by atoms with E-state index in [0.29, 0.717) is 4.48 Å². The minimum Gasteiger partial charge on any atom is -0.294 e. The molecule has 0 atom stereocenters. The van der Waals surface area contributed by atoms with Gasteiger partial charge in [0.1, 0.15) is 28.6 Å². The largest absolute Gasteiger partial charge is 0.294 e. The van der Waals surface area contributed by atoms with Gasteiger partial charge in [0, 0.05) is 76.8 Å². The third-order valence-corrected chi connectivity index (χ3v) is 14.4. The third kappa shape index (κ3) is 6.80. The van der Waals surface area contributed by atoms with Crippen LogP contribution in [0.5, 0.6) is 0 Å². The molecule has 0 saturated carbocycles. The van der Waals surface area contributed by atoms with Crippen molar-refractivity contribution in [1.82, 2.24) is 23.8 Å². The first-order valence-electron chi connectivity index (χ1n) is 23.1. The lowest BCUT2D eigenvalue weighted by Gasteiger charge is -2.37. The fourth-order valence-corrected chi connectivity index (χ4v) is 10.5. The molecule has 3 aromatic heterocycles.